The lowest BCUT2D eigenvalue weighted by atomic mass is 9.96. The zero-order valence-electron chi connectivity index (χ0n) is 13.4. The highest BCUT2D eigenvalue weighted by Crippen LogP contribution is 2.21. The van der Waals surface area contributed by atoms with Crippen LogP contribution in [0.3, 0.4) is 0 Å². The second-order valence-corrected chi connectivity index (χ2v) is 7.59. The van der Waals surface area contributed by atoms with Gasteiger partial charge in [0.2, 0.25) is 0 Å². The first-order valence-electron chi connectivity index (χ1n) is 7.52. The smallest absolute Gasteiger partial charge is 0.178 e. The molecule has 0 saturated carbocycles. The molecule has 22 heavy (non-hydrogen) atoms. The Labute approximate surface area is 134 Å². The highest BCUT2D eigenvalue weighted by atomic mass is 32.1. The number of anilines is 1. The summed E-state index contributed by atoms with van der Waals surface area (Å²) in [7, 11) is 0. The molecule has 3 rings (SSSR count). The van der Waals surface area contributed by atoms with Crippen LogP contribution in [0.4, 0.5) is 5.82 Å². The maximum Gasteiger partial charge on any atom is 0.178 e. The Balaban J connectivity index is 1.82. The van der Waals surface area contributed by atoms with Crippen LogP contribution in [0.2, 0.25) is 0 Å². The van der Waals surface area contributed by atoms with E-state index in [9.17, 15) is 0 Å². The van der Waals surface area contributed by atoms with Crippen LogP contribution in [0.5, 0.6) is 0 Å². The zero-order chi connectivity index (χ0) is 15.7. The first-order chi connectivity index (χ1) is 10.5. The highest BCUT2D eigenvalue weighted by molar-refractivity contribution is 7.12. The van der Waals surface area contributed by atoms with Crippen molar-refractivity contribution in [2.75, 3.05) is 5.32 Å². The van der Waals surface area contributed by atoms with E-state index in [1.54, 1.807) is 0 Å². The van der Waals surface area contributed by atoms with Crippen molar-refractivity contribution in [3.8, 4) is 0 Å². The normalized spacial score (nSPS) is 12.0. The molecule has 3 aromatic rings. The number of nitrogens with one attached hydrogen (secondary N) is 1. The molecule has 5 nitrogen and oxygen atoms in total. The standard InChI is InChI=1S/C16H21N5S/c1-5-11-6-7-12(22-11)10-17-13-8-9-14-18-19-15(16(2,3)4)21(14)20-13/h6-9H,5,10H2,1-4H3,(H,17,20). The molecule has 0 spiro atoms. The lowest BCUT2D eigenvalue weighted by molar-refractivity contribution is 0.527. The monoisotopic (exact) mass is 315 g/mol. The van der Waals surface area contributed by atoms with E-state index in [1.807, 2.05) is 28.0 Å². The van der Waals surface area contributed by atoms with Gasteiger partial charge in [-0.3, -0.25) is 0 Å². The van der Waals surface area contributed by atoms with Crippen LogP contribution < -0.4 is 5.32 Å². The molecule has 0 saturated heterocycles. The van der Waals surface area contributed by atoms with Gasteiger partial charge in [-0.2, -0.15) is 4.52 Å². The number of aryl methyl sites for hydroxylation is 1. The molecule has 0 bridgehead atoms. The number of rotatable bonds is 4. The maximum atomic E-state index is 4.63. The van der Waals surface area contributed by atoms with Gasteiger partial charge in [-0.25, -0.2) is 0 Å². The van der Waals surface area contributed by atoms with Crippen molar-refractivity contribution in [1.82, 2.24) is 19.8 Å². The summed E-state index contributed by atoms with van der Waals surface area (Å²) in [5.41, 5.74) is 0.689. The summed E-state index contributed by atoms with van der Waals surface area (Å²) in [6.07, 6.45) is 1.09. The van der Waals surface area contributed by atoms with Gasteiger partial charge in [-0.1, -0.05) is 27.7 Å². The molecule has 0 aliphatic rings. The van der Waals surface area contributed by atoms with Gasteiger partial charge >= 0.3 is 0 Å². The van der Waals surface area contributed by atoms with E-state index in [4.69, 9.17) is 0 Å². The molecule has 1 N–H and O–H groups in total. The van der Waals surface area contributed by atoms with Crippen LogP contribution in [0.25, 0.3) is 5.65 Å². The van der Waals surface area contributed by atoms with E-state index >= 15 is 0 Å². The molecule has 116 valence electrons. The largest absolute Gasteiger partial charge is 0.364 e. The summed E-state index contributed by atoms with van der Waals surface area (Å²) >= 11 is 1.84. The number of fused-ring (bicyclic) bond motifs is 1. The van der Waals surface area contributed by atoms with Gasteiger partial charge in [0, 0.05) is 15.2 Å². The summed E-state index contributed by atoms with van der Waals surface area (Å²) < 4.78 is 1.83. The quantitative estimate of drug-likeness (QED) is 0.798. The van der Waals surface area contributed by atoms with Gasteiger partial charge in [-0.05, 0) is 30.7 Å². The Hall–Kier alpha value is -1.95. The number of aromatic nitrogens is 4. The molecule has 0 radical (unpaired) electrons. The molecule has 3 heterocycles. The molecule has 0 aliphatic carbocycles. The minimum absolute atomic E-state index is 0.0885. The number of nitrogens with zero attached hydrogens (tertiary/aromatic N) is 4. The lowest BCUT2D eigenvalue weighted by Crippen LogP contribution is -2.17. The van der Waals surface area contributed by atoms with Crippen molar-refractivity contribution in [2.45, 2.75) is 46.1 Å². The van der Waals surface area contributed by atoms with Crippen molar-refractivity contribution >= 4 is 22.8 Å². The van der Waals surface area contributed by atoms with Crippen LogP contribution in [0, 0.1) is 0 Å². The fourth-order valence-corrected chi connectivity index (χ4v) is 3.13. The predicted octanol–water partition coefficient (Wildman–Crippen LogP) is 3.66. The second kappa shape index (κ2) is 5.68. The summed E-state index contributed by atoms with van der Waals surface area (Å²) in [5.74, 6) is 1.71. The topological polar surface area (TPSA) is 55.1 Å². The molecule has 0 atom stereocenters. The Morgan fingerprint density at radius 2 is 1.86 bits per heavy atom. The van der Waals surface area contributed by atoms with Crippen molar-refractivity contribution in [3.05, 3.63) is 39.8 Å². The fraction of sp³-hybridized carbons (Fsp3) is 0.438. The average molecular weight is 315 g/mol. The maximum absolute atomic E-state index is 4.63. The highest BCUT2D eigenvalue weighted by Gasteiger charge is 2.21. The van der Waals surface area contributed by atoms with Crippen LogP contribution in [-0.4, -0.2) is 19.8 Å². The van der Waals surface area contributed by atoms with Crippen LogP contribution in [0.1, 0.15) is 43.3 Å². The molecule has 0 aromatic carbocycles. The summed E-state index contributed by atoms with van der Waals surface area (Å²) in [5, 5.41) is 16.5. The van der Waals surface area contributed by atoms with Gasteiger partial charge in [0.05, 0.1) is 6.54 Å². The van der Waals surface area contributed by atoms with Crippen molar-refractivity contribution < 1.29 is 0 Å². The third-order valence-electron chi connectivity index (χ3n) is 3.44. The van der Waals surface area contributed by atoms with E-state index in [0.29, 0.717) is 0 Å². The molecular formula is C16H21N5S. The molecular weight excluding hydrogens is 294 g/mol. The first-order valence-corrected chi connectivity index (χ1v) is 8.33. The SMILES string of the molecule is CCc1ccc(CNc2ccc3nnc(C(C)(C)C)n3n2)s1. The van der Waals surface area contributed by atoms with E-state index < -0.39 is 0 Å². The minimum Gasteiger partial charge on any atom is -0.364 e. The fourth-order valence-electron chi connectivity index (χ4n) is 2.24. The molecule has 3 aromatic heterocycles. The van der Waals surface area contributed by atoms with E-state index in [1.165, 1.54) is 9.75 Å². The van der Waals surface area contributed by atoms with Crippen LogP contribution in [-0.2, 0) is 18.4 Å². The van der Waals surface area contributed by atoms with Gasteiger partial charge < -0.3 is 5.32 Å². The Bertz CT molecular complexity index is 781. The lowest BCUT2D eigenvalue weighted by Gasteiger charge is -2.15. The Kier molecular flexibility index (Phi) is 3.87. The zero-order valence-corrected chi connectivity index (χ0v) is 14.2. The van der Waals surface area contributed by atoms with Crippen LogP contribution in [0.15, 0.2) is 24.3 Å². The summed E-state index contributed by atoms with van der Waals surface area (Å²) in [6.45, 7) is 9.31. The predicted molar refractivity (Wildman–Crippen MR) is 90.5 cm³/mol. The average Bonchev–Trinajstić information content (AvgIpc) is 3.10. The molecule has 0 aliphatic heterocycles. The van der Waals surface area contributed by atoms with Crippen molar-refractivity contribution in [1.29, 1.82) is 0 Å². The number of hydrogen-bond acceptors (Lipinski definition) is 5. The summed E-state index contributed by atoms with van der Waals surface area (Å²) in [6, 6.07) is 8.26. The van der Waals surface area contributed by atoms with Crippen molar-refractivity contribution in [3.63, 3.8) is 0 Å². The Morgan fingerprint density at radius 1 is 1.09 bits per heavy atom. The third-order valence-corrected chi connectivity index (χ3v) is 4.67. The van der Waals surface area contributed by atoms with E-state index in [0.717, 1.165) is 30.3 Å². The summed E-state index contributed by atoms with van der Waals surface area (Å²) in [4.78, 5) is 2.73. The molecule has 6 heteroatoms. The third kappa shape index (κ3) is 2.97. The van der Waals surface area contributed by atoms with E-state index in [2.05, 4.69) is 60.4 Å². The molecule has 0 unspecified atom stereocenters. The van der Waals surface area contributed by atoms with E-state index in [-0.39, 0.29) is 5.41 Å². The van der Waals surface area contributed by atoms with Crippen LogP contribution >= 0.6 is 11.3 Å². The molecule has 0 fully saturated rings. The van der Waals surface area contributed by atoms with Gasteiger partial charge in [0.25, 0.3) is 0 Å². The number of hydrogen-bond donors (Lipinski definition) is 1. The minimum atomic E-state index is -0.0885. The Morgan fingerprint density at radius 3 is 2.55 bits per heavy atom. The van der Waals surface area contributed by atoms with Gasteiger partial charge in [-0.15, -0.1) is 26.6 Å². The second-order valence-electron chi connectivity index (χ2n) is 6.34. The first kappa shape index (κ1) is 15.0. The van der Waals surface area contributed by atoms with Gasteiger partial charge in [0.1, 0.15) is 5.82 Å². The number of thiophene rings is 1. The van der Waals surface area contributed by atoms with Crippen molar-refractivity contribution in [2.24, 2.45) is 0 Å². The van der Waals surface area contributed by atoms with Gasteiger partial charge in [0.15, 0.2) is 11.5 Å². The molecule has 0 amide bonds.